The van der Waals surface area contributed by atoms with Crippen molar-refractivity contribution in [3.63, 3.8) is 0 Å². The quantitative estimate of drug-likeness (QED) is 0.713. The molecule has 1 aromatic carbocycles. The lowest BCUT2D eigenvalue weighted by Gasteiger charge is -2.22. The van der Waals surface area contributed by atoms with Crippen molar-refractivity contribution in [2.45, 2.75) is 12.5 Å². The molecule has 0 radical (unpaired) electrons. The van der Waals surface area contributed by atoms with Gasteiger partial charge in [-0.15, -0.1) is 17.8 Å². The van der Waals surface area contributed by atoms with Crippen LogP contribution in [-0.4, -0.2) is 24.3 Å². The van der Waals surface area contributed by atoms with E-state index in [1.165, 1.54) is 11.3 Å². The molecular formula is C17H18N2O3S. The minimum atomic E-state index is -1.10. The number of hydrogen-bond acceptors (Lipinski definition) is 4. The first-order valence-electron chi connectivity index (χ1n) is 6.99. The number of benzene rings is 1. The number of ether oxygens (including phenoxy) is 1. The average molecular weight is 330 g/mol. The number of amides is 2. The number of nitrogens with one attached hydrogen (secondary N) is 2. The average Bonchev–Trinajstić information content (AvgIpc) is 3.08. The first kappa shape index (κ1) is 16.9. The molecule has 2 aromatic rings. The van der Waals surface area contributed by atoms with Gasteiger partial charge in [-0.2, -0.15) is 0 Å². The summed E-state index contributed by atoms with van der Waals surface area (Å²) in [5, 5.41) is 17.6. The van der Waals surface area contributed by atoms with E-state index in [-0.39, 0.29) is 19.2 Å². The second-order valence-electron chi connectivity index (χ2n) is 5.08. The maximum atomic E-state index is 11.9. The lowest BCUT2D eigenvalue weighted by Crippen LogP contribution is -2.40. The van der Waals surface area contributed by atoms with Crippen molar-refractivity contribution in [1.82, 2.24) is 5.32 Å². The van der Waals surface area contributed by atoms with Crippen LogP contribution in [0.5, 0.6) is 5.75 Å². The van der Waals surface area contributed by atoms with Gasteiger partial charge in [0.2, 0.25) is 0 Å². The Bertz CT molecular complexity index is 673. The summed E-state index contributed by atoms with van der Waals surface area (Å²) < 4.78 is 5.25. The topological polar surface area (TPSA) is 70.6 Å². The number of carbonyl (C=O) groups is 1. The van der Waals surface area contributed by atoms with Crippen LogP contribution < -0.4 is 15.4 Å². The third-order valence-corrected chi connectivity index (χ3v) is 4.20. The molecule has 0 bridgehead atoms. The number of rotatable bonds is 6. The Kier molecular flexibility index (Phi) is 5.63. The molecule has 2 amide bonds. The van der Waals surface area contributed by atoms with Crippen LogP contribution in [0.15, 0.2) is 41.8 Å². The molecule has 1 aromatic heterocycles. The Morgan fingerprint density at radius 3 is 2.74 bits per heavy atom. The van der Waals surface area contributed by atoms with Crippen LogP contribution in [0.4, 0.5) is 10.5 Å². The molecule has 0 aliphatic carbocycles. The zero-order valence-electron chi connectivity index (χ0n) is 12.7. The van der Waals surface area contributed by atoms with E-state index in [0.717, 1.165) is 4.88 Å². The molecule has 0 unspecified atom stereocenters. The number of aliphatic hydroxyl groups is 1. The summed E-state index contributed by atoms with van der Waals surface area (Å²) in [6.45, 7) is 1.98. The third kappa shape index (κ3) is 5.02. The van der Waals surface area contributed by atoms with Gasteiger partial charge in [0.15, 0.2) is 0 Å². The van der Waals surface area contributed by atoms with Gasteiger partial charge in [0.05, 0.1) is 6.54 Å². The predicted molar refractivity (Wildman–Crippen MR) is 91.7 cm³/mol. The van der Waals surface area contributed by atoms with Crippen molar-refractivity contribution in [2.75, 3.05) is 18.5 Å². The largest absolute Gasteiger partial charge is 0.481 e. The first-order valence-corrected chi connectivity index (χ1v) is 7.87. The normalized spacial score (nSPS) is 12.7. The van der Waals surface area contributed by atoms with Gasteiger partial charge in [-0.05, 0) is 42.6 Å². The number of hydrogen-bond donors (Lipinski definition) is 3. The van der Waals surface area contributed by atoms with Gasteiger partial charge >= 0.3 is 6.03 Å². The minimum Gasteiger partial charge on any atom is -0.481 e. The molecule has 0 saturated carbocycles. The molecule has 1 heterocycles. The zero-order valence-corrected chi connectivity index (χ0v) is 13.5. The molecule has 5 nitrogen and oxygen atoms in total. The Balaban J connectivity index is 1.84. The fourth-order valence-electron chi connectivity index (χ4n) is 1.86. The Hall–Kier alpha value is -2.49. The Morgan fingerprint density at radius 2 is 2.13 bits per heavy atom. The second-order valence-corrected chi connectivity index (χ2v) is 6.02. The molecule has 2 rings (SSSR count). The van der Waals surface area contributed by atoms with E-state index in [2.05, 4.69) is 16.6 Å². The van der Waals surface area contributed by atoms with E-state index in [1.807, 2.05) is 17.5 Å². The summed E-state index contributed by atoms with van der Waals surface area (Å²) in [6.07, 6.45) is 5.12. The molecular weight excluding hydrogens is 312 g/mol. The monoisotopic (exact) mass is 330 g/mol. The van der Waals surface area contributed by atoms with E-state index < -0.39 is 5.60 Å². The molecule has 120 valence electrons. The van der Waals surface area contributed by atoms with Gasteiger partial charge < -0.3 is 20.5 Å². The fourth-order valence-corrected chi connectivity index (χ4v) is 2.65. The van der Waals surface area contributed by atoms with E-state index in [9.17, 15) is 9.90 Å². The SMILES string of the molecule is C#CCOc1ccc(NC(=O)NC[C@@](C)(O)c2cccs2)cc1. The summed E-state index contributed by atoms with van der Waals surface area (Å²) >= 11 is 1.44. The molecule has 0 spiro atoms. The van der Waals surface area contributed by atoms with Crippen LogP contribution in [0.3, 0.4) is 0 Å². The Morgan fingerprint density at radius 1 is 1.39 bits per heavy atom. The van der Waals surface area contributed by atoms with E-state index in [0.29, 0.717) is 11.4 Å². The van der Waals surface area contributed by atoms with Gasteiger partial charge in [-0.25, -0.2) is 4.79 Å². The van der Waals surface area contributed by atoms with Crippen LogP contribution in [-0.2, 0) is 5.60 Å². The van der Waals surface area contributed by atoms with Gasteiger partial charge in [-0.1, -0.05) is 12.0 Å². The van der Waals surface area contributed by atoms with Crippen molar-refractivity contribution >= 4 is 23.1 Å². The lowest BCUT2D eigenvalue weighted by atomic mass is 10.1. The highest BCUT2D eigenvalue weighted by Crippen LogP contribution is 2.24. The molecule has 23 heavy (non-hydrogen) atoms. The molecule has 3 N–H and O–H groups in total. The summed E-state index contributed by atoms with van der Waals surface area (Å²) in [6, 6.07) is 10.2. The molecule has 1 atom stereocenters. The zero-order chi connectivity index (χ0) is 16.7. The number of terminal acetylenes is 1. The van der Waals surface area contributed by atoms with Crippen molar-refractivity contribution in [1.29, 1.82) is 0 Å². The molecule has 0 aliphatic heterocycles. The lowest BCUT2D eigenvalue weighted by molar-refractivity contribution is 0.0637. The van der Waals surface area contributed by atoms with Gasteiger partial charge in [0, 0.05) is 10.6 Å². The van der Waals surface area contributed by atoms with Gasteiger partial charge in [-0.3, -0.25) is 0 Å². The fraction of sp³-hybridized carbons (Fsp3) is 0.235. The van der Waals surface area contributed by atoms with E-state index in [4.69, 9.17) is 11.2 Å². The number of thiophene rings is 1. The van der Waals surface area contributed by atoms with Crippen molar-refractivity contribution in [3.8, 4) is 18.1 Å². The van der Waals surface area contributed by atoms with E-state index in [1.54, 1.807) is 31.2 Å². The second kappa shape index (κ2) is 7.68. The first-order chi connectivity index (χ1) is 11.0. The standard InChI is InChI=1S/C17H18N2O3S/c1-3-10-22-14-8-6-13(7-9-14)19-16(20)18-12-17(2,21)15-5-4-11-23-15/h1,4-9,11,21H,10,12H2,2H3,(H2,18,19,20)/t17-/m1/s1. The molecule has 0 aliphatic rings. The van der Waals surface area contributed by atoms with Crippen LogP contribution >= 0.6 is 11.3 Å². The molecule has 0 saturated heterocycles. The minimum absolute atomic E-state index is 0.114. The van der Waals surface area contributed by atoms with E-state index >= 15 is 0 Å². The Labute approximate surface area is 139 Å². The van der Waals surface area contributed by atoms with Gasteiger partial charge in [0.1, 0.15) is 18.0 Å². The maximum absolute atomic E-state index is 11.9. The van der Waals surface area contributed by atoms with Crippen LogP contribution in [0.2, 0.25) is 0 Å². The van der Waals surface area contributed by atoms with Crippen molar-refractivity contribution in [2.24, 2.45) is 0 Å². The number of anilines is 1. The number of urea groups is 1. The van der Waals surface area contributed by atoms with Crippen LogP contribution in [0.25, 0.3) is 0 Å². The third-order valence-electron chi connectivity index (χ3n) is 3.08. The summed E-state index contributed by atoms with van der Waals surface area (Å²) in [5.74, 6) is 3.01. The summed E-state index contributed by atoms with van der Waals surface area (Å²) in [5.41, 5.74) is -0.482. The van der Waals surface area contributed by atoms with Crippen molar-refractivity contribution < 1.29 is 14.6 Å². The smallest absolute Gasteiger partial charge is 0.319 e. The molecule has 6 heteroatoms. The molecule has 0 fully saturated rings. The highest BCUT2D eigenvalue weighted by atomic mass is 32.1. The van der Waals surface area contributed by atoms with Crippen LogP contribution in [0, 0.1) is 12.3 Å². The maximum Gasteiger partial charge on any atom is 0.319 e. The number of carbonyl (C=O) groups excluding carboxylic acids is 1. The highest BCUT2D eigenvalue weighted by Gasteiger charge is 2.24. The van der Waals surface area contributed by atoms with Crippen LogP contribution in [0.1, 0.15) is 11.8 Å². The predicted octanol–water partition coefficient (Wildman–Crippen LogP) is 2.79. The van der Waals surface area contributed by atoms with Gasteiger partial charge in [0.25, 0.3) is 0 Å². The summed E-state index contributed by atoms with van der Waals surface area (Å²) in [7, 11) is 0. The van der Waals surface area contributed by atoms with Crippen molar-refractivity contribution in [3.05, 3.63) is 46.7 Å². The highest BCUT2D eigenvalue weighted by molar-refractivity contribution is 7.10. The summed E-state index contributed by atoms with van der Waals surface area (Å²) in [4.78, 5) is 12.7.